The van der Waals surface area contributed by atoms with Crippen LogP contribution in [0.3, 0.4) is 0 Å². The number of nitro groups is 1. The molecule has 1 N–H and O–H groups in total. The number of nitro benzene ring substituents is 1. The molecular weight excluding hydrogens is 296 g/mol. The highest BCUT2D eigenvalue weighted by Gasteiger charge is 2.14. The lowest BCUT2D eigenvalue weighted by molar-refractivity contribution is -0.384. The van der Waals surface area contributed by atoms with Gasteiger partial charge >= 0.3 is 0 Å². The van der Waals surface area contributed by atoms with E-state index in [1.165, 1.54) is 12.1 Å². The molecule has 1 rings (SSSR count). The predicted octanol–water partition coefficient (Wildman–Crippen LogP) is 3.04. The summed E-state index contributed by atoms with van der Waals surface area (Å²) >= 11 is 5.87. The summed E-state index contributed by atoms with van der Waals surface area (Å²) in [6.45, 7) is 5.67. The van der Waals surface area contributed by atoms with Crippen molar-refractivity contribution < 1.29 is 14.5 Å². The molecule has 116 valence electrons. The highest BCUT2D eigenvalue weighted by molar-refractivity contribution is 6.34. The minimum atomic E-state index is -0.559. The lowest BCUT2D eigenvalue weighted by Crippen LogP contribution is -2.27. The second-order valence-electron chi connectivity index (χ2n) is 4.97. The van der Waals surface area contributed by atoms with Crippen LogP contribution < -0.4 is 5.32 Å². The first-order chi connectivity index (χ1) is 9.91. The maximum atomic E-state index is 11.9. The first-order valence-corrected chi connectivity index (χ1v) is 7.09. The van der Waals surface area contributed by atoms with E-state index in [2.05, 4.69) is 19.2 Å². The Morgan fingerprint density at radius 3 is 2.71 bits per heavy atom. The van der Waals surface area contributed by atoms with Crippen molar-refractivity contribution in [3.8, 4) is 0 Å². The molecule has 0 spiro atoms. The van der Waals surface area contributed by atoms with E-state index in [0.29, 0.717) is 25.7 Å². The summed E-state index contributed by atoms with van der Waals surface area (Å²) in [5.41, 5.74) is 0.0676. The van der Waals surface area contributed by atoms with E-state index in [4.69, 9.17) is 16.3 Å². The van der Waals surface area contributed by atoms with Gasteiger partial charge in [0.05, 0.1) is 22.1 Å². The molecule has 0 aromatic heterocycles. The zero-order valence-electron chi connectivity index (χ0n) is 12.1. The fraction of sp³-hybridized carbons (Fsp3) is 0.500. The van der Waals surface area contributed by atoms with Gasteiger partial charge < -0.3 is 10.1 Å². The standard InChI is InChI=1S/C14H19ClN2O4/c1-10(2)5-7-21-8-6-16-14(18)12-4-3-11(17(19)20)9-13(12)15/h3-4,9-10H,5-8H2,1-2H3,(H,16,18). The Morgan fingerprint density at radius 2 is 2.14 bits per heavy atom. The summed E-state index contributed by atoms with van der Waals surface area (Å²) in [5.74, 6) is 0.209. The Hall–Kier alpha value is -1.66. The number of carbonyl (C=O) groups is 1. The minimum absolute atomic E-state index is 0.0578. The fourth-order valence-electron chi connectivity index (χ4n) is 1.55. The van der Waals surface area contributed by atoms with Gasteiger partial charge in [0, 0.05) is 25.3 Å². The Kier molecular flexibility index (Phi) is 7.11. The van der Waals surface area contributed by atoms with E-state index < -0.39 is 4.92 Å². The maximum absolute atomic E-state index is 11.9. The maximum Gasteiger partial charge on any atom is 0.270 e. The molecule has 1 aromatic rings. The normalized spacial score (nSPS) is 10.7. The van der Waals surface area contributed by atoms with Gasteiger partial charge in [-0.3, -0.25) is 14.9 Å². The molecule has 0 atom stereocenters. The number of ether oxygens (including phenoxy) is 1. The fourth-order valence-corrected chi connectivity index (χ4v) is 1.82. The molecule has 21 heavy (non-hydrogen) atoms. The van der Waals surface area contributed by atoms with Crippen LogP contribution in [0.1, 0.15) is 30.6 Å². The molecular formula is C14H19ClN2O4. The van der Waals surface area contributed by atoms with E-state index in [9.17, 15) is 14.9 Å². The molecule has 0 saturated heterocycles. The van der Waals surface area contributed by atoms with Crippen LogP contribution in [0.4, 0.5) is 5.69 Å². The molecule has 0 saturated carbocycles. The number of hydrogen-bond donors (Lipinski definition) is 1. The van der Waals surface area contributed by atoms with Gasteiger partial charge in [-0.1, -0.05) is 25.4 Å². The number of non-ortho nitro benzene ring substituents is 1. The monoisotopic (exact) mass is 314 g/mol. The first-order valence-electron chi connectivity index (χ1n) is 6.71. The zero-order chi connectivity index (χ0) is 15.8. The van der Waals surface area contributed by atoms with Crippen molar-refractivity contribution in [3.05, 3.63) is 38.9 Å². The van der Waals surface area contributed by atoms with Gasteiger partial charge in [-0.05, 0) is 18.4 Å². The largest absolute Gasteiger partial charge is 0.380 e. The SMILES string of the molecule is CC(C)CCOCCNC(=O)c1ccc([N+](=O)[O-])cc1Cl. The summed E-state index contributed by atoms with van der Waals surface area (Å²) in [4.78, 5) is 21.9. The van der Waals surface area contributed by atoms with Gasteiger partial charge in [0.2, 0.25) is 0 Å². The second-order valence-corrected chi connectivity index (χ2v) is 5.38. The minimum Gasteiger partial charge on any atom is -0.380 e. The molecule has 0 aliphatic rings. The summed E-state index contributed by atoms with van der Waals surface area (Å²) in [7, 11) is 0. The molecule has 0 fully saturated rings. The third kappa shape index (κ3) is 6.10. The number of nitrogens with zero attached hydrogens (tertiary/aromatic N) is 1. The van der Waals surface area contributed by atoms with Crippen LogP contribution in [-0.4, -0.2) is 30.6 Å². The van der Waals surface area contributed by atoms with Gasteiger partial charge in [-0.2, -0.15) is 0 Å². The first kappa shape index (κ1) is 17.4. The molecule has 0 bridgehead atoms. The van der Waals surface area contributed by atoms with E-state index in [0.717, 1.165) is 12.5 Å². The van der Waals surface area contributed by atoms with Crippen molar-refractivity contribution in [2.45, 2.75) is 20.3 Å². The Morgan fingerprint density at radius 1 is 1.43 bits per heavy atom. The number of carbonyl (C=O) groups excluding carboxylic acids is 1. The summed E-state index contributed by atoms with van der Waals surface area (Å²) < 4.78 is 5.37. The second kappa shape index (κ2) is 8.59. The molecule has 6 nitrogen and oxygen atoms in total. The van der Waals surface area contributed by atoms with E-state index in [-0.39, 0.29) is 22.2 Å². The summed E-state index contributed by atoms with van der Waals surface area (Å²) in [6.07, 6.45) is 0.974. The average Bonchev–Trinajstić information content (AvgIpc) is 2.41. The molecule has 0 radical (unpaired) electrons. The Labute approximate surface area is 128 Å². The molecule has 0 aliphatic heterocycles. The van der Waals surface area contributed by atoms with Gasteiger partial charge in [0.15, 0.2) is 0 Å². The van der Waals surface area contributed by atoms with Gasteiger partial charge in [-0.25, -0.2) is 0 Å². The number of nitrogens with one attached hydrogen (secondary N) is 1. The molecule has 1 aromatic carbocycles. The van der Waals surface area contributed by atoms with E-state index in [1.54, 1.807) is 0 Å². The molecule has 0 unspecified atom stereocenters. The van der Waals surface area contributed by atoms with Crippen LogP contribution >= 0.6 is 11.6 Å². The lowest BCUT2D eigenvalue weighted by Gasteiger charge is -2.08. The molecule has 0 heterocycles. The van der Waals surface area contributed by atoms with Gasteiger partial charge in [0.25, 0.3) is 11.6 Å². The van der Waals surface area contributed by atoms with Crippen LogP contribution in [0.5, 0.6) is 0 Å². The summed E-state index contributed by atoms with van der Waals surface area (Å²) in [6, 6.07) is 3.75. The Bertz CT molecular complexity index is 506. The topological polar surface area (TPSA) is 81.5 Å². The third-order valence-electron chi connectivity index (χ3n) is 2.78. The van der Waals surface area contributed by atoms with Crippen LogP contribution in [0.2, 0.25) is 5.02 Å². The Balaban J connectivity index is 2.40. The van der Waals surface area contributed by atoms with Crippen LogP contribution in [0.15, 0.2) is 18.2 Å². The van der Waals surface area contributed by atoms with Crippen molar-refractivity contribution in [2.24, 2.45) is 5.92 Å². The molecule has 7 heteroatoms. The van der Waals surface area contributed by atoms with Crippen LogP contribution in [0, 0.1) is 16.0 Å². The third-order valence-corrected chi connectivity index (χ3v) is 3.09. The van der Waals surface area contributed by atoms with Crippen molar-refractivity contribution in [1.29, 1.82) is 0 Å². The van der Waals surface area contributed by atoms with Crippen molar-refractivity contribution in [1.82, 2.24) is 5.32 Å². The van der Waals surface area contributed by atoms with Gasteiger partial charge in [-0.15, -0.1) is 0 Å². The number of halogens is 1. The zero-order valence-corrected chi connectivity index (χ0v) is 12.9. The predicted molar refractivity (Wildman–Crippen MR) is 80.7 cm³/mol. The number of amides is 1. The van der Waals surface area contributed by atoms with Crippen LogP contribution in [-0.2, 0) is 4.74 Å². The number of benzene rings is 1. The highest BCUT2D eigenvalue weighted by atomic mass is 35.5. The van der Waals surface area contributed by atoms with Crippen molar-refractivity contribution >= 4 is 23.2 Å². The van der Waals surface area contributed by atoms with E-state index >= 15 is 0 Å². The molecule has 0 aliphatic carbocycles. The molecule has 1 amide bonds. The van der Waals surface area contributed by atoms with E-state index in [1.807, 2.05) is 0 Å². The van der Waals surface area contributed by atoms with Crippen LogP contribution in [0.25, 0.3) is 0 Å². The average molecular weight is 315 g/mol. The van der Waals surface area contributed by atoms with Crippen molar-refractivity contribution in [2.75, 3.05) is 19.8 Å². The van der Waals surface area contributed by atoms with Crippen molar-refractivity contribution in [3.63, 3.8) is 0 Å². The number of rotatable bonds is 8. The summed E-state index contributed by atoms with van der Waals surface area (Å²) in [5, 5.41) is 13.3. The lowest BCUT2D eigenvalue weighted by atomic mass is 10.1. The quantitative estimate of drug-likeness (QED) is 0.454. The van der Waals surface area contributed by atoms with Gasteiger partial charge in [0.1, 0.15) is 0 Å². The highest BCUT2D eigenvalue weighted by Crippen LogP contribution is 2.22. The smallest absolute Gasteiger partial charge is 0.270 e. The number of hydrogen-bond acceptors (Lipinski definition) is 4.